The third-order valence-corrected chi connectivity index (χ3v) is 3.98. The smallest absolute Gasteiger partial charge is 0.261 e. The van der Waals surface area contributed by atoms with Crippen LogP contribution in [0.5, 0.6) is 5.75 Å². The van der Waals surface area contributed by atoms with Crippen LogP contribution in [0.1, 0.15) is 52.6 Å². The predicted octanol–water partition coefficient (Wildman–Crippen LogP) is 3.54. The molecule has 0 fully saturated rings. The molecule has 0 saturated carbocycles. The number of benzene rings is 1. The van der Waals surface area contributed by atoms with Crippen LogP contribution in [0.2, 0.25) is 0 Å². The molecule has 1 amide bonds. The first-order valence-corrected chi connectivity index (χ1v) is 7.99. The van der Waals surface area contributed by atoms with Crippen molar-refractivity contribution in [3.05, 3.63) is 28.2 Å². The van der Waals surface area contributed by atoms with Gasteiger partial charge in [0.2, 0.25) is 0 Å². The van der Waals surface area contributed by atoms with E-state index in [0.29, 0.717) is 5.75 Å². The Hall–Kier alpha value is -1.07. The molecule has 2 unspecified atom stereocenters. The molecule has 0 saturated heterocycles. The van der Waals surface area contributed by atoms with Gasteiger partial charge in [0.1, 0.15) is 5.75 Å². The number of amides is 1. The molecule has 0 spiro atoms. The lowest BCUT2D eigenvalue weighted by molar-refractivity contribution is -0.129. The number of carbonyl (C=O) groups is 1. The summed E-state index contributed by atoms with van der Waals surface area (Å²) in [5, 5.41) is 2.98. The first-order valence-electron chi connectivity index (χ1n) is 7.20. The Labute approximate surface area is 135 Å². The van der Waals surface area contributed by atoms with Crippen molar-refractivity contribution in [2.45, 2.75) is 58.7 Å². The number of nitrogens with one attached hydrogen (secondary N) is 1. The largest absolute Gasteiger partial charge is 0.481 e. The van der Waals surface area contributed by atoms with Crippen molar-refractivity contribution in [3.8, 4) is 5.75 Å². The second-order valence-corrected chi connectivity index (χ2v) is 6.87. The quantitative estimate of drug-likeness (QED) is 0.819. The zero-order valence-electron chi connectivity index (χ0n) is 13.4. The summed E-state index contributed by atoms with van der Waals surface area (Å²) < 4.78 is 6.71. The number of rotatable bonds is 6. The molecule has 5 heteroatoms. The first kappa shape index (κ1) is 18.0. The lowest BCUT2D eigenvalue weighted by Gasteiger charge is -2.27. The van der Waals surface area contributed by atoms with E-state index in [0.717, 1.165) is 16.5 Å². The van der Waals surface area contributed by atoms with Crippen LogP contribution < -0.4 is 15.8 Å². The number of halogens is 1. The van der Waals surface area contributed by atoms with Crippen molar-refractivity contribution >= 4 is 21.8 Å². The number of hydrogen-bond acceptors (Lipinski definition) is 3. The van der Waals surface area contributed by atoms with Crippen molar-refractivity contribution in [2.75, 3.05) is 0 Å². The van der Waals surface area contributed by atoms with Gasteiger partial charge < -0.3 is 15.8 Å². The Bertz CT molecular complexity index is 501. The zero-order chi connectivity index (χ0) is 16.2. The minimum Gasteiger partial charge on any atom is -0.481 e. The van der Waals surface area contributed by atoms with E-state index in [1.165, 1.54) is 0 Å². The fraction of sp³-hybridized carbons (Fsp3) is 0.562. The van der Waals surface area contributed by atoms with Crippen LogP contribution in [0.3, 0.4) is 0 Å². The van der Waals surface area contributed by atoms with Crippen LogP contribution in [0, 0.1) is 0 Å². The third-order valence-electron chi connectivity index (χ3n) is 3.48. The van der Waals surface area contributed by atoms with Crippen molar-refractivity contribution in [1.82, 2.24) is 5.32 Å². The van der Waals surface area contributed by atoms with E-state index in [-0.39, 0.29) is 17.5 Å². The molecular weight excluding hydrogens is 332 g/mol. The van der Waals surface area contributed by atoms with Gasteiger partial charge in [-0.15, -0.1) is 0 Å². The van der Waals surface area contributed by atoms with Gasteiger partial charge in [0, 0.05) is 21.6 Å². The molecule has 0 aliphatic carbocycles. The summed E-state index contributed by atoms with van der Waals surface area (Å²) in [6, 6.07) is 5.50. The number of carbonyl (C=O) groups excluding carboxylic acids is 1. The Kier molecular flexibility index (Phi) is 6.23. The van der Waals surface area contributed by atoms with Crippen LogP contribution in [0.4, 0.5) is 0 Å². The molecule has 0 radical (unpaired) electrons. The molecule has 0 aromatic heterocycles. The van der Waals surface area contributed by atoms with E-state index in [1.54, 1.807) is 6.92 Å². The van der Waals surface area contributed by atoms with Gasteiger partial charge in [-0.3, -0.25) is 4.79 Å². The molecule has 3 N–H and O–H groups in total. The third kappa shape index (κ3) is 5.32. The summed E-state index contributed by atoms with van der Waals surface area (Å²) in [6.45, 7) is 9.65. The Morgan fingerprint density at radius 1 is 1.43 bits per heavy atom. The number of hydrogen-bond donors (Lipinski definition) is 2. The highest BCUT2D eigenvalue weighted by Gasteiger charge is 2.23. The van der Waals surface area contributed by atoms with Crippen LogP contribution in [0.25, 0.3) is 0 Å². The Balaban J connectivity index is 2.85. The molecule has 0 bridgehead atoms. The van der Waals surface area contributed by atoms with Gasteiger partial charge in [-0.05, 0) is 46.2 Å². The maximum atomic E-state index is 12.2. The molecule has 1 aromatic rings. The fourth-order valence-electron chi connectivity index (χ4n) is 1.75. The van der Waals surface area contributed by atoms with Gasteiger partial charge in [0.05, 0.1) is 0 Å². The summed E-state index contributed by atoms with van der Waals surface area (Å²) in [6.07, 6.45) is 0.274. The summed E-state index contributed by atoms with van der Waals surface area (Å²) >= 11 is 3.41. The summed E-state index contributed by atoms with van der Waals surface area (Å²) in [7, 11) is 0. The standard InChI is InChI=1S/C16H25BrN2O2/c1-6-16(4,5)19-15(20)11(3)21-14-9-12(17)7-8-13(14)10(2)18/h7-11H,6,18H2,1-5H3,(H,19,20). The molecule has 118 valence electrons. The number of nitrogens with two attached hydrogens (primary N) is 1. The van der Waals surface area contributed by atoms with E-state index >= 15 is 0 Å². The van der Waals surface area contributed by atoms with Crippen molar-refractivity contribution in [2.24, 2.45) is 5.73 Å². The van der Waals surface area contributed by atoms with Gasteiger partial charge in [0.15, 0.2) is 6.10 Å². The molecule has 21 heavy (non-hydrogen) atoms. The fourth-order valence-corrected chi connectivity index (χ4v) is 2.09. The SMILES string of the molecule is CCC(C)(C)NC(=O)C(C)Oc1cc(Br)ccc1C(C)N. The van der Waals surface area contributed by atoms with Crippen molar-refractivity contribution in [3.63, 3.8) is 0 Å². The summed E-state index contributed by atoms with van der Waals surface area (Å²) in [5.74, 6) is 0.508. The summed E-state index contributed by atoms with van der Waals surface area (Å²) in [4.78, 5) is 12.2. The lowest BCUT2D eigenvalue weighted by atomic mass is 10.0. The van der Waals surface area contributed by atoms with E-state index in [1.807, 2.05) is 45.9 Å². The van der Waals surface area contributed by atoms with E-state index in [2.05, 4.69) is 21.2 Å². The van der Waals surface area contributed by atoms with Crippen LogP contribution >= 0.6 is 15.9 Å². The number of ether oxygens (including phenoxy) is 1. The second kappa shape index (κ2) is 7.27. The van der Waals surface area contributed by atoms with E-state index in [9.17, 15) is 4.79 Å². The maximum absolute atomic E-state index is 12.2. The normalized spacial score (nSPS) is 14.4. The predicted molar refractivity (Wildman–Crippen MR) is 89.3 cm³/mol. The molecular formula is C16H25BrN2O2. The molecule has 0 aliphatic heterocycles. The molecule has 2 atom stereocenters. The molecule has 0 heterocycles. The second-order valence-electron chi connectivity index (χ2n) is 5.96. The van der Waals surface area contributed by atoms with Gasteiger partial charge in [0.25, 0.3) is 5.91 Å². The molecule has 0 aliphatic rings. The van der Waals surface area contributed by atoms with Gasteiger partial charge >= 0.3 is 0 Å². The highest BCUT2D eigenvalue weighted by Crippen LogP contribution is 2.28. The highest BCUT2D eigenvalue weighted by atomic mass is 79.9. The van der Waals surface area contributed by atoms with Crippen molar-refractivity contribution < 1.29 is 9.53 Å². The Morgan fingerprint density at radius 2 is 2.05 bits per heavy atom. The monoisotopic (exact) mass is 356 g/mol. The Morgan fingerprint density at radius 3 is 2.57 bits per heavy atom. The topological polar surface area (TPSA) is 64.3 Å². The first-order chi connectivity index (χ1) is 9.66. The van der Waals surface area contributed by atoms with E-state index < -0.39 is 6.10 Å². The summed E-state index contributed by atoms with van der Waals surface area (Å²) in [5.41, 5.74) is 6.59. The average molecular weight is 357 g/mol. The minimum atomic E-state index is -0.581. The molecule has 1 rings (SSSR count). The average Bonchev–Trinajstić information content (AvgIpc) is 2.37. The van der Waals surface area contributed by atoms with Crippen LogP contribution in [0.15, 0.2) is 22.7 Å². The molecule has 1 aromatic carbocycles. The van der Waals surface area contributed by atoms with Gasteiger partial charge in [-0.25, -0.2) is 0 Å². The molecule has 4 nitrogen and oxygen atoms in total. The van der Waals surface area contributed by atoms with Crippen LogP contribution in [-0.2, 0) is 4.79 Å². The van der Waals surface area contributed by atoms with E-state index in [4.69, 9.17) is 10.5 Å². The zero-order valence-corrected chi connectivity index (χ0v) is 15.0. The highest BCUT2D eigenvalue weighted by molar-refractivity contribution is 9.10. The lowest BCUT2D eigenvalue weighted by Crippen LogP contribution is -2.48. The minimum absolute atomic E-state index is 0.127. The van der Waals surface area contributed by atoms with Crippen molar-refractivity contribution in [1.29, 1.82) is 0 Å². The maximum Gasteiger partial charge on any atom is 0.261 e. The van der Waals surface area contributed by atoms with Crippen LogP contribution in [-0.4, -0.2) is 17.6 Å². The van der Waals surface area contributed by atoms with Gasteiger partial charge in [-0.2, -0.15) is 0 Å². The van der Waals surface area contributed by atoms with Gasteiger partial charge in [-0.1, -0.05) is 28.9 Å².